The molecular weight excluding hydrogens is 308 g/mol. The van der Waals surface area contributed by atoms with Gasteiger partial charge in [0.05, 0.1) is 4.47 Å². The van der Waals surface area contributed by atoms with Crippen molar-refractivity contribution in [2.24, 2.45) is 0 Å². The SMILES string of the molecule is Cc1cc(F)c(Br)cc1Nc1cc(Cl)ncn1. The van der Waals surface area contributed by atoms with E-state index in [-0.39, 0.29) is 5.82 Å². The number of aromatic nitrogens is 2. The number of hydrogen-bond acceptors (Lipinski definition) is 3. The first-order valence-electron chi connectivity index (χ1n) is 4.76. The largest absolute Gasteiger partial charge is 0.340 e. The molecule has 0 spiro atoms. The number of nitrogens with one attached hydrogen (secondary N) is 1. The molecule has 1 aromatic heterocycles. The molecule has 1 aromatic carbocycles. The fourth-order valence-corrected chi connectivity index (χ4v) is 1.81. The molecule has 88 valence electrons. The van der Waals surface area contributed by atoms with Crippen LogP contribution in [0.5, 0.6) is 0 Å². The summed E-state index contributed by atoms with van der Waals surface area (Å²) in [5.41, 5.74) is 1.54. The molecule has 2 aromatic rings. The van der Waals surface area contributed by atoms with E-state index in [0.717, 1.165) is 11.3 Å². The van der Waals surface area contributed by atoms with Crippen LogP contribution in [0.4, 0.5) is 15.9 Å². The summed E-state index contributed by atoms with van der Waals surface area (Å²) < 4.78 is 13.6. The molecule has 0 atom stereocenters. The molecule has 0 aliphatic carbocycles. The van der Waals surface area contributed by atoms with Crippen LogP contribution in [-0.4, -0.2) is 9.97 Å². The maximum atomic E-state index is 13.2. The lowest BCUT2D eigenvalue weighted by Gasteiger charge is -2.09. The van der Waals surface area contributed by atoms with Gasteiger partial charge in [-0.25, -0.2) is 14.4 Å². The van der Waals surface area contributed by atoms with Crippen LogP contribution in [0.25, 0.3) is 0 Å². The van der Waals surface area contributed by atoms with E-state index in [2.05, 4.69) is 31.2 Å². The maximum Gasteiger partial charge on any atom is 0.137 e. The molecule has 0 saturated carbocycles. The lowest BCUT2D eigenvalue weighted by atomic mass is 10.2. The smallest absolute Gasteiger partial charge is 0.137 e. The van der Waals surface area contributed by atoms with E-state index in [4.69, 9.17) is 11.6 Å². The number of hydrogen-bond donors (Lipinski definition) is 1. The van der Waals surface area contributed by atoms with E-state index in [1.54, 1.807) is 19.1 Å². The van der Waals surface area contributed by atoms with Gasteiger partial charge >= 0.3 is 0 Å². The molecule has 0 bridgehead atoms. The molecule has 0 amide bonds. The van der Waals surface area contributed by atoms with Crippen LogP contribution in [0.3, 0.4) is 0 Å². The minimum Gasteiger partial charge on any atom is -0.340 e. The van der Waals surface area contributed by atoms with E-state index in [0.29, 0.717) is 15.4 Å². The van der Waals surface area contributed by atoms with Crippen LogP contribution in [0.2, 0.25) is 5.15 Å². The molecule has 3 nitrogen and oxygen atoms in total. The molecule has 1 N–H and O–H groups in total. The van der Waals surface area contributed by atoms with Gasteiger partial charge in [0.25, 0.3) is 0 Å². The molecule has 0 saturated heterocycles. The van der Waals surface area contributed by atoms with Crippen molar-refractivity contribution in [2.75, 3.05) is 5.32 Å². The van der Waals surface area contributed by atoms with Crippen LogP contribution >= 0.6 is 27.5 Å². The minimum atomic E-state index is -0.297. The third-order valence-electron chi connectivity index (χ3n) is 2.16. The van der Waals surface area contributed by atoms with Crippen molar-refractivity contribution in [1.82, 2.24) is 9.97 Å². The molecule has 0 aliphatic rings. The standard InChI is InChI=1S/C11H8BrClFN3/c1-6-2-8(14)7(12)3-9(6)17-11-4-10(13)15-5-16-11/h2-5H,1H3,(H,15,16,17). The fraction of sp³-hybridized carbons (Fsp3) is 0.0909. The molecule has 1 heterocycles. The van der Waals surface area contributed by atoms with Gasteiger partial charge in [0.2, 0.25) is 0 Å². The van der Waals surface area contributed by atoms with Gasteiger partial charge in [-0.3, -0.25) is 0 Å². The second-order valence-corrected chi connectivity index (χ2v) is 4.67. The zero-order chi connectivity index (χ0) is 12.4. The Morgan fingerprint density at radius 3 is 2.76 bits per heavy atom. The van der Waals surface area contributed by atoms with E-state index in [1.807, 2.05) is 0 Å². The predicted octanol–water partition coefficient (Wildman–Crippen LogP) is 4.08. The maximum absolute atomic E-state index is 13.2. The van der Waals surface area contributed by atoms with Crippen molar-refractivity contribution >= 4 is 39.0 Å². The highest BCUT2D eigenvalue weighted by Gasteiger charge is 2.06. The summed E-state index contributed by atoms with van der Waals surface area (Å²) in [5.74, 6) is 0.264. The highest BCUT2D eigenvalue weighted by molar-refractivity contribution is 9.10. The van der Waals surface area contributed by atoms with E-state index in [1.165, 1.54) is 12.4 Å². The zero-order valence-electron chi connectivity index (χ0n) is 8.84. The van der Waals surface area contributed by atoms with E-state index >= 15 is 0 Å². The summed E-state index contributed by atoms with van der Waals surface area (Å²) in [6, 6.07) is 4.69. The van der Waals surface area contributed by atoms with Gasteiger partial charge in [0.15, 0.2) is 0 Å². The summed E-state index contributed by atoms with van der Waals surface area (Å²) in [6.07, 6.45) is 1.36. The lowest BCUT2D eigenvalue weighted by Crippen LogP contribution is -1.97. The molecule has 0 fully saturated rings. The number of halogens is 3. The van der Waals surface area contributed by atoms with Gasteiger partial charge in [-0.15, -0.1) is 0 Å². The van der Waals surface area contributed by atoms with Gasteiger partial charge in [-0.2, -0.15) is 0 Å². The summed E-state index contributed by atoms with van der Waals surface area (Å²) in [5, 5.41) is 3.40. The van der Waals surface area contributed by atoms with Crippen molar-refractivity contribution in [2.45, 2.75) is 6.92 Å². The molecule has 17 heavy (non-hydrogen) atoms. The molecular formula is C11H8BrClFN3. The van der Waals surface area contributed by atoms with Gasteiger partial charge in [0, 0.05) is 11.8 Å². The first-order valence-corrected chi connectivity index (χ1v) is 5.93. The number of nitrogens with zero attached hydrogens (tertiary/aromatic N) is 2. The predicted molar refractivity (Wildman–Crippen MR) is 69.2 cm³/mol. The number of rotatable bonds is 2. The molecule has 6 heteroatoms. The fourth-order valence-electron chi connectivity index (χ4n) is 1.32. The number of anilines is 2. The Bertz CT molecular complexity index is 562. The summed E-state index contributed by atoms with van der Waals surface area (Å²) >= 11 is 8.88. The Kier molecular flexibility index (Phi) is 3.59. The monoisotopic (exact) mass is 315 g/mol. The highest BCUT2D eigenvalue weighted by atomic mass is 79.9. The second-order valence-electron chi connectivity index (χ2n) is 3.43. The third-order valence-corrected chi connectivity index (χ3v) is 2.98. The molecule has 0 aliphatic heterocycles. The summed E-state index contributed by atoms with van der Waals surface area (Å²) in [6.45, 7) is 1.81. The minimum absolute atomic E-state index is 0.297. The van der Waals surface area contributed by atoms with Gasteiger partial charge in [-0.05, 0) is 40.5 Å². The summed E-state index contributed by atoms with van der Waals surface area (Å²) in [4.78, 5) is 7.79. The van der Waals surface area contributed by atoms with Crippen LogP contribution < -0.4 is 5.32 Å². The molecule has 2 rings (SSSR count). The Morgan fingerprint density at radius 1 is 1.29 bits per heavy atom. The van der Waals surface area contributed by atoms with Gasteiger partial charge in [-0.1, -0.05) is 11.6 Å². The first-order chi connectivity index (χ1) is 8.06. The van der Waals surface area contributed by atoms with Crippen molar-refractivity contribution < 1.29 is 4.39 Å². The van der Waals surface area contributed by atoms with Gasteiger partial charge in [0.1, 0.15) is 23.1 Å². The summed E-state index contributed by atoms with van der Waals surface area (Å²) in [7, 11) is 0. The topological polar surface area (TPSA) is 37.8 Å². The van der Waals surface area contributed by atoms with Crippen molar-refractivity contribution in [3.63, 3.8) is 0 Å². The van der Waals surface area contributed by atoms with E-state index < -0.39 is 0 Å². The Labute approximate surface area is 111 Å². The number of benzene rings is 1. The quantitative estimate of drug-likeness (QED) is 0.848. The van der Waals surface area contributed by atoms with Crippen molar-refractivity contribution in [3.05, 3.63) is 45.5 Å². The van der Waals surface area contributed by atoms with Gasteiger partial charge < -0.3 is 5.32 Å². The molecule has 0 unspecified atom stereocenters. The second kappa shape index (κ2) is 4.98. The lowest BCUT2D eigenvalue weighted by molar-refractivity contribution is 0.620. The molecule has 0 radical (unpaired) electrons. The average Bonchev–Trinajstić information content (AvgIpc) is 2.26. The van der Waals surface area contributed by atoms with Crippen LogP contribution in [0.15, 0.2) is 29.0 Å². The third kappa shape index (κ3) is 2.92. The van der Waals surface area contributed by atoms with Crippen molar-refractivity contribution in [1.29, 1.82) is 0 Å². The van der Waals surface area contributed by atoms with Crippen LogP contribution in [-0.2, 0) is 0 Å². The highest BCUT2D eigenvalue weighted by Crippen LogP contribution is 2.26. The first kappa shape index (κ1) is 12.3. The normalized spacial score (nSPS) is 10.4. The Morgan fingerprint density at radius 2 is 2.06 bits per heavy atom. The Balaban J connectivity index is 2.33. The zero-order valence-corrected chi connectivity index (χ0v) is 11.2. The van der Waals surface area contributed by atoms with Crippen LogP contribution in [0, 0.1) is 12.7 Å². The number of aryl methyl sites for hydroxylation is 1. The van der Waals surface area contributed by atoms with Crippen LogP contribution in [0.1, 0.15) is 5.56 Å². The average molecular weight is 317 g/mol. The Hall–Kier alpha value is -1.20. The van der Waals surface area contributed by atoms with E-state index in [9.17, 15) is 4.39 Å². The van der Waals surface area contributed by atoms with Crippen molar-refractivity contribution in [3.8, 4) is 0 Å².